The quantitative estimate of drug-likeness (QED) is 0.497. The molecular weight excluding hydrogens is 393 g/mol. The van der Waals surface area contributed by atoms with Crippen LogP contribution >= 0.6 is 11.8 Å². The van der Waals surface area contributed by atoms with E-state index in [0.717, 1.165) is 16.7 Å². The number of carbonyl (C=O) groups is 2. The van der Waals surface area contributed by atoms with Crippen LogP contribution in [0.1, 0.15) is 18.1 Å². The summed E-state index contributed by atoms with van der Waals surface area (Å²) in [4.78, 5) is 26.4. The fraction of sp³-hybridized carbons (Fsp3) is 0.182. The van der Waals surface area contributed by atoms with Gasteiger partial charge in [-0.3, -0.25) is 14.5 Å². The van der Waals surface area contributed by atoms with Crippen molar-refractivity contribution in [3.8, 4) is 23.8 Å². The van der Waals surface area contributed by atoms with Gasteiger partial charge in [-0.1, -0.05) is 24.1 Å². The van der Waals surface area contributed by atoms with Crippen LogP contribution in [0.25, 0.3) is 6.08 Å². The maximum atomic E-state index is 13.1. The smallest absolute Gasteiger partial charge is 0.293 e. The van der Waals surface area contributed by atoms with Gasteiger partial charge in [0.1, 0.15) is 12.4 Å². The first-order valence-electron chi connectivity index (χ1n) is 8.84. The summed E-state index contributed by atoms with van der Waals surface area (Å²) < 4.78 is 24.1. The van der Waals surface area contributed by atoms with Crippen molar-refractivity contribution in [1.82, 2.24) is 4.90 Å². The van der Waals surface area contributed by atoms with E-state index >= 15 is 0 Å². The van der Waals surface area contributed by atoms with E-state index in [4.69, 9.17) is 15.9 Å². The summed E-state index contributed by atoms with van der Waals surface area (Å²) in [5, 5.41) is -0.371. The molecule has 0 bridgehead atoms. The molecule has 0 unspecified atom stereocenters. The lowest BCUT2D eigenvalue weighted by Gasteiger charge is -2.12. The number of ether oxygens (including phenoxy) is 2. The molecule has 29 heavy (non-hydrogen) atoms. The number of benzene rings is 2. The van der Waals surface area contributed by atoms with E-state index in [-0.39, 0.29) is 24.2 Å². The van der Waals surface area contributed by atoms with E-state index in [9.17, 15) is 14.0 Å². The Bertz CT molecular complexity index is 995. The zero-order valence-corrected chi connectivity index (χ0v) is 16.5. The summed E-state index contributed by atoms with van der Waals surface area (Å²) in [7, 11) is 0. The Kier molecular flexibility index (Phi) is 6.57. The topological polar surface area (TPSA) is 55.8 Å². The Hall–Kier alpha value is -3.24. The molecule has 5 nitrogen and oxygen atoms in total. The molecule has 1 aliphatic rings. The summed E-state index contributed by atoms with van der Waals surface area (Å²) >= 11 is 0.862. The molecule has 0 saturated carbocycles. The molecule has 1 saturated heterocycles. The Morgan fingerprint density at radius 1 is 1.14 bits per heavy atom. The number of thioether (sulfide) groups is 1. The molecular formula is C22H18FNO4S. The van der Waals surface area contributed by atoms with Crippen molar-refractivity contribution < 1.29 is 23.5 Å². The van der Waals surface area contributed by atoms with Crippen molar-refractivity contribution in [1.29, 1.82) is 0 Å². The monoisotopic (exact) mass is 411 g/mol. The minimum atomic E-state index is -0.394. The first kappa shape index (κ1) is 20.5. The number of rotatable bonds is 7. The lowest BCUT2D eigenvalue weighted by Crippen LogP contribution is -2.27. The number of nitrogens with zero attached hydrogens (tertiary/aromatic N) is 1. The van der Waals surface area contributed by atoms with Gasteiger partial charge in [0.05, 0.1) is 18.1 Å². The fourth-order valence-electron chi connectivity index (χ4n) is 2.68. The number of amides is 2. The second kappa shape index (κ2) is 9.30. The third kappa shape index (κ3) is 4.98. The number of terminal acetylenes is 1. The summed E-state index contributed by atoms with van der Waals surface area (Å²) in [6.45, 7) is 2.48. The van der Waals surface area contributed by atoms with Gasteiger partial charge in [-0.05, 0) is 60.2 Å². The molecule has 2 aromatic rings. The highest BCUT2D eigenvalue weighted by atomic mass is 32.2. The van der Waals surface area contributed by atoms with Gasteiger partial charge in [-0.25, -0.2) is 4.39 Å². The summed E-state index contributed by atoms with van der Waals surface area (Å²) in [5.41, 5.74) is 1.36. The van der Waals surface area contributed by atoms with Crippen molar-refractivity contribution in [3.63, 3.8) is 0 Å². The molecule has 0 radical (unpaired) electrons. The third-order valence-electron chi connectivity index (χ3n) is 4.00. The molecule has 0 N–H and O–H groups in total. The second-order valence-electron chi connectivity index (χ2n) is 6.03. The third-order valence-corrected chi connectivity index (χ3v) is 4.91. The zero-order valence-electron chi connectivity index (χ0n) is 15.7. The maximum Gasteiger partial charge on any atom is 0.293 e. The molecule has 0 spiro atoms. The highest BCUT2D eigenvalue weighted by Gasteiger charge is 2.35. The Morgan fingerprint density at radius 2 is 1.90 bits per heavy atom. The highest BCUT2D eigenvalue weighted by Crippen LogP contribution is 2.35. The molecule has 1 aliphatic heterocycles. The van der Waals surface area contributed by atoms with Gasteiger partial charge in [0.15, 0.2) is 11.5 Å². The van der Waals surface area contributed by atoms with Crippen LogP contribution < -0.4 is 9.47 Å². The van der Waals surface area contributed by atoms with Gasteiger partial charge in [-0.2, -0.15) is 0 Å². The van der Waals surface area contributed by atoms with Crippen molar-refractivity contribution in [2.75, 3.05) is 13.2 Å². The van der Waals surface area contributed by atoms with Crippen LogP contribution in [0.4, 0.5) is 9.18 Å². The predicted molar refractivity (Wildman–Crippen MR) is 110 cm³/mol. The SMILES string of the molecule is C#CCOc1ccc(/C=C2\SC(=O)N(Cc3ccc(F)cc3)C2=O)cc1OCC. The van der Waals surface area contributed by atoms with E-state index in [1.54, 1.807) is 36.4 Å². The largest absolute Gasteiger partial charge is 0.490 e. The lowest BCUT2D eigenvalue weighted by molar-refractivity contribution is -0.123. The maximum absolute atomic E-state index is 13.1. The van der Waals surface area contributed by atoms with Crippen LogP contribution in [0.5, 0.6) is 11.5 Å². The predicted octanol–water partition coefficient (Wildman–Crippen LogP) is 4.47. The average Bonchev–Trinajstić information content (AvgIpc) is 2.96. The van der Waals surface area contributed by atoms with Gasteiger partial charge in [0.2, 0.25) is 0 Å². The molecule has 1 heterocycles. The molecule has 2 amide bonds. The Balaban J connectivity index is 1.80. The van der Waals surface area contributed by atoms with Crippen LogP contribution in [-0.2, 0) is 11.3 Å². The van der Waals surface area contributed by atoms with Crippen LogP contribution in [0.2, 0.25) is 0 Å². The van der Waals surface area contributed by atoms with Gasteiger partial charge in [0.25, 0.3) is 11.1 Å². The standard InChI is InChI=1S/C22H18FNO4S/c1-3-11-28-18-10-7-16(12-19(18)27-4-2)13-20-21(25)24(22(26)29-20)14-15-5-8-17(23)9-6-15/h1,5-10,12-13H,4,11,14H2,2H3/b20-13-. The number of hydrogen-bond acceptors (Lipinski definition) is 5. The molecule has 7 heteroatoms. The van der Waals surface area contributed by atoms with E-state index in [1.807, 2.05) is 6.92 Å². The first-order valence-corrected chi connectivity index (χ1v) is 9.66. The number of carbonyl (C=O) groups excluding carboxylic acids is 2. The average molecular weight is 411 g/mol. The van der Waals surface area contributed by atoms with E-state index < -0.39 is 5.91 Å². The van der Waals surface area contributed by atoms with Gasteiger partial charge in [0, 0.05) is 0 Å². The Labute approximate surface area is 172 Å². The summed E-state index contributed by atoms with van der Waals surface area (Å²) in [6, 6.07) is 10.9. The number of hydrogen-bond donors (Lipinski definition) is 0. The van der Waals surface area contributed by atoms with Crippen LogP contribution in [0, 0.1) is 18.2 Å². The van der Waals surface area contributed by atoms with Crippen molar-refractivity contribution in [3.05, 3.63) is 64.3 Å². The van der Waals surface area contributed by atoms with Gasteiger partial charge >= 0.3 is 0 Å². The number of imide groups is 1. The zero-order chi connectivity index (χ0) is 20.8. The normalized spacial score (nSPS) is 14.9. The van der Waals surface area contributed by atoms with Crippen molar-refractivity contribution in [2.24, 2.45) is 0 Å². The van der Waals surface area contributed by atoms with Crippen LogP contribution in [-0.4, -0.2) is 29.3 Å². The molecule has 0 atom stereocenters. The van der Waals surface area contributed by atoms with Crippen molar-refractivity contribution in [2.45, 2.75) is 13.5 Å². The molecule has 2 aromatic carbocycles. The van der Waals surface area contributed by atoms with Crippen LogP contribution in [0.15, 0.2) is 47.4 Å². The van der Waals surface area contributed by atoms with E-state index in [2.05, 4.69) is 5.92 Å². The van der Waals surface area contributed by atoms with E-state index in [1.165, 1.54) is 12.1 Å². The molecule has 1 fully saturated rings. The second-order valence-corrected chi connectivity index (χ2v) is 7.02. The Morgan fingerprint density at radius 3 is 2.59 bits per heavy atom. The minimum Gasteiger partial charge on any atom is -0.490 e. The van der Waals surface area contributed by atoms with Gasteiger partial charge in [-0.15, -0.1) is 6.42 Å². The van der Waals surface area contributed by atoms with Crippen LogP contribution in [0.3, 0.4) is 0 Å². The molecule has 0 aromatic heterocycles. The highest BCUT2D eigenvalue weighted by molar-refractivity contribution is 8.18. The summed E-state index contributed by atoms with van der Waals surface area (Å²) in [6.07, 6.45) is 6.85. The lowest BCUT2D eigenvalue weighted by atomic mass is 10.1. The van der Waals surface area contributed by atoms with E-state index in [0.29, 0.717) is 34.1 Å². The summed E-state index contributed by atoms with van der Waals surface area (Å²) in [5.74, 6) is 2.64. The molecule has 0 aliphatic carbocycles. The van der Waals surface area contributed by atoms with Crippen molar-refractivity contribution >= 4 is 29.0 Å². The fourth-order valence-corrected chi connectivity index (χ4v) is 3.52. The number of halogens is 1. The molecule has 3 rings (SSSR count). The minimum absolute atomic E-state index is 0.0886. The first-order chi connectivity index (χ1) is 14.0. The molecule has 148 valence electrons. The van der Waals surface area contributed by atoms with Gasteiger partial charge < -0.3 is 9.47 Å².